The van der Waals surface area contributed by atoms with Crippen LogP contribution in [0.25, 0.3) is 10.9 Å². The minimum atomic E-state index is 0. The van der Waals surface area contributed by atoms with Gasteiger partial charge in [-0.2, -0.15) is 0 Å². The Kier molecular flexibility index (Phi) is 8.98. The highest BCUT2D eigenvalue weighted by Gasteiger charge is 2.07. The van der Waals surface area contributed by atoms with Crippen LogP contribution in [0.1, 0.15) is 19.4 Å². The maximum atomic E-state index is 5.58. The molecule has 2 aromatic carbocycles. The van der Waals surface area contributed by atoms with Crippen molar-refractivity contribution in [1.29, 1.82) is 0 Å². The van der Waals surface area contributed by atoms with Crippen molar-refractivity contribution < 1.29 is 9.47 Å². The zero-order chi connectivity index (χ0) is 19.8. The fraction of sp³-hybridized carbons (Fsp3) is 0.273. The van der Waals surface area contributed by atoms with Crippen molar-refractivity contribution in [2.24, 2.45) is 4.99 Å². The van der Waals surface area contributed by atoms with E-state index in [4.69, 9.17) is 14.5 Å². The van der Waals surface area contributed by atoms with E-state index in [-0.39, 0.29) is 24.0 Å². The number of nitrogens with one attached hydrogen (secondary N) is 2. The molecule has 0 atom stereocenters. The Balaban J connectivity index is 0.00000300. The average molecular weight is 506 g/mol. The zero-order valence-corrected chi connectivity index (χ0v) is 19.3. The van der Waals surface area contributed by atoms with E-state index in [9.17, 15) is 0 Å². The SMILES string of the molecule is CCNC(=NCc1cccc2cccnc12)Nc1ccc(OCC)c(OC)c1.I. The Hall–Kier alpha value is -2.55. The number of nitrogens with zero attached hydrogens (tertiary/aromatic N) is 2. The molecule has 3 rings (SSSR count). The molecule has 1 aromatic heterocycles. The number of pyridine rings is 1. The first-order chi connectivity index (χ1) is 13.7. The molecule has 1 heterocycles. The number of para-hydroxylation sites is 1. The van der Waals surface area contributed by atoms with Gasteiger partial charge in [-0.15, -0.1) is 24.0 Å². The van der Waals surface area contributed by atoms with Crippen LogP contribution in [0.2, 0.25) is 0 Å². The maximum absolute atomic E-state index is 5.58. The van der Waals surface area contributed by atoms with Gasteiger partial charge in [-0.05, 0) is 37.6 Å². The summed E-state index contributed by atoms with van der Waals surface area (Å²) >= 11 is 0. The van der Waals surface area contributed by atoms with Crippen molar-refractivity contribution in [3.63, 3.8) is 0 Å². The van der Waals surface area contributed by atoms with Crippen molar-refractivity contribution in [1.82, 2.24) is 10.3 Å². The van der Waals surface area contributed by atoms with Crippen LogP contribution in [0.3, 0.4) is 0 Å². The molecule has 0 saturated carbocycles. The molecule has 0 aliphatic heterocycles. The van der Waals surface area contributed by atoms with Crippen LogP contribution >= 0.6 is 24.0 Å². The van der Waals surface area contributed by atoms with E-state index >= 15 is 0 Å². The third-order valence-corrected chi connectivity index (χ3v) is 4.19. The fourth-order valence-corrected chi connectivity index (χ4v) is 2.92. The van der Waals surface area contributed by atoms with Gasteiger partial charge in [0, 0.05) is 29.9 Å². The lowest BCUT2D eigenvalue weighted by atomic mass is 10.1. The summed E-state index contributed by atoms with van der Waals surface area (Å²) in [4.78, 5) is 9.22. The number of ether oxygens (including phenoxy) is 2. The number of fused-ring (bicyclic) bond motifs is 1. The lowest BCUT2D eigenvalue weighted by Gasteiger charge is -2.14. The standard InChI is InChI=1S/C22H26N4O2.HI/c1-4-23-22(26-18-11-12-19(28-5-2)20(14-18)27-3)25-15-17-9-6-8-16-10-7-13-24-21(16)17;/h6-14H,4-5,15H2,1-3H3,(H2,23,25,26);1H. The number of aromatic nitrogens is 1. The number of anilines is 1. The summed E-state index contributed by atoms with van der Waals surface area (Å²) in [5, 5.41) is 7.71. The number of aliphatic imine (C=N–C) groups is 1. The highest BCUT2D eigenvalue weighted by Crippen LogP contribution is 2.30. The molecular weight excluding hydrogens is 479 g/mol. The second-order valence-electron chi connectivity index (χ2n) is 6.11. The summed E-state index contributed by atoms with van der Waals surface area (Å²) in [6, 6.07) is 15.9. The van der Waals surface area contributed by atoms with Gasteiger partial charge in [0.05, 0.1) is 25.8 Å². The number of benzene rings is 2. The van der Waals surface area contributed by atoms with E-state index in [1.54, 1.807) is 7.11 Å². The number of hydrogen-bond donors (Lipinski definition) is 2. The topological polar surface area (TPSA) is 67.8 Å². The van der Waals surface area contributed by atoms with E-state index in [0.717, 1.165) is 34.4 Å². The Morgan fingerprint density at radius 1 is 1.07 bits per heavy atom. The van der Waals surface area contributed by atoms with Crippen LogP contribution in [-0.2, 0) is 6.54 Å². The molecular formula is C22H27IN4O2. The van der Waals surface area contributed by atoms with Crippen LogP contribution in [0.4, 0.5) is 5.69 Å². The third-order valence-electron chi connectivity index (χ3n) is 4.19. The van der Waals surface area contributed by atoms with Gasteiger partial charge in [0.2, 0.25) is 0 Å². The Bertz CT molecular complexity index is 957. The van der Waals surface area contributed by atoms with Gasteiger partial charge < -0.3 is 20.1 Å². The largest absolute Gasteiger partial charge is 0.493 e. The summed E-state index contributed by atoms with van der Waals surface area (Å²) in [6.45, 7) is 5.86. The fourth-order valence-electron chi connectivity index (χ4n) is 2.92. The molecule has 0 fully saturated rings. The van der Waals surface area contributed by atoms with Crippen molar-refractivity contribution in [2.75, 3.05) is 25.6 Å². The monoisotopic (exact) mass is 506 g/mol. The lowest BCUT2D eigenvalue weighted by Crippen LogP contribution is -2.30. The predicted molar refractivity (Wildman–Crippen MR) is 130 cm³/mol. The minimum absolute atomic E-state index is 0. The zero-order valence-electron chi connectivity index (χ0n) is 16.9. The molecule has 0 aliphatic carbocycles. The normalized spacial score (nSPS) is 10.9. The average Bonchev–Trinajstić information content (AvgIpc) is 2.73. The van der Waals surface area contributed by atoms with Crippen LogP contribution in [0, 0.1) is 0 Å². The van der Waals surface area contributed by atoms with Crippen LogP contribution in [0.5, 0.6) is 11.5 Å². The number of methoxy groups -OCH3 is 1. The molecule has 0 spiro atoms. The highest BCUT2D eigenvalue weighted by molar-refractivity contribution is 14.0. The molecule has 29 heavy (non-hydrogen) atoms. The molecule has 0 aliphatic rings. The van der Waals surface area contributed by atoms with Gasteiger partial charge in [-0.1, -0.05) is 24.3 Å². The van der Waals surface area contributed by atoms with Crippen molar-refractivity contribution >= 4 is 46.5 Å². The molecule has 0 saturated heterocycles. The van der Waals surface area contributed by atoms with Crippen molar-refractivity contribution in [2.45, 2.75) is 20.4 Å². The summed E-state index contributed by atoms with van der Waals surface area (Å²) < 4.78 is 11.0. The summed E-state index contributed by atoms with van der Waals surface area (Å²) in [7, 11) is 1.63. The molecule has 0 amide bonds. The first-order valence-electron chi connectivity index (χ1n) is 9.44. The van der Waals surface area contributed by atoms with Crippen LogP contribution in [0.15, 0.2) is 59.7 Å². The first-order valence-corrected chi connectivity index (χ1v) is 9.44. The van der Waals surface area contributed by atoms with E-state index < -0.39 is 0 Å². The molecule has 0 bridgehead atoms. The molecule has 3 aromatic rings. The van der Waals surface area contributed by atoms with E-state index in [2.05, 4.69) is 33.8 Å². The van der Waals surface area contributed by atoms with E-state index in [1.807, 2.05) is 50.4 Å². The molecule has 0 radical (unpaired) electrons. The first kappa shape index (κ1) is 22.7. The van der Waals surface area contributed by atoms with E-state index in [1.165, 1.54) is 0 Å². The number of halogens is 1. The van der Waals surface area contributed by atoms with Crippen molar-refractivity contribution in [3.05, 3.63) is 60.3 Å². The summed E-state index contributed by atoms with van der Waals surface area (Å²) in [5.74, 6) is 2.10. The van der Waals surface area contributed by atoms with Gasteiger partial charge in [0.25, 0.3) is 0 Å². The molecule has 154 valence electrons. The number of guanidine groups is 1. The maximum Gasteiger partial charge on any atom is 0.196 e. The molecule has 0 unspecified atom stereocenters. The van der Waals surface area contributed by atoms with Crippen LogP contribution in [-0.4, -0.2) is 31.2 Å². The van der Waals surface area contributed by atoms with Gasteiger partial charge in [0.15, 0.2) is 17.5 Å². The number of hydrogen-bond acceptors (Lipinski definition) is 4. The number of rotatable bonds is 7. The Morgan fingerprint density at radius 3 is 2.66 bits per heavy atom. The minimum Gasteiger partial charge on any atom is -0.493 e. The third kappa shape index (κ3) is 5.96. The second-order valence-corrected chi connectivity index (χ2v) is 6.11. The Labute approximate surface area is 188 Å². The molecule has 6 nitrogen and oxygen atoms in total. The van der Waals surface area contributed by atoms with Crippen LogP contribution < -0.4 is 20.1 Å². The van der Waals surface area contributed by atoms with Gasteiger partial charge >= 0.3 is 0 Å². The van der Waals surface area contributed by atoms with Crippen molar-refractivity contribution in [3.8, 4) is 11.5 Å². The van der Waals surface area contributed by atoms with Gasteiger partial charge in [-0.25, -0.2) is 4.99 Å². The highest BCUT2D eigenvalue weighted by atomic mass is 127. The molecule has 2 N–H and O–H groups in total. The summed E-state index contributed by atoms with van der Waals surface area (Å²) in [6.07, 6.45) is 1.81. The Morgan fingerprint density at radius 2 is 1.90 bits per heavy atom. The lowest BCUT2D eigenvalue weighted by molar-refractivity contribution is 0.311. The predicted octanol–water partition coefficient (Wildman–Crippen LogP) is 4.84. The second kappa shape index (κ2) is 11.5. The molecule has 7 heteroatoms. The smallest absolute Gasteiger partial charge is 0.196 e. The quantitative estimate of drug-likeness (QED) is 0.273. The van der Waals surface area contributed by atoms with Gasteiger partial charge in [-0.3, -0.25) is 4.98 Å². The van der Waals surface area contributed by atoms with E-state index in [0.29, 0.717) is 24.9 Å². The summed E-state index contributed by atoms with van der Waals surface area (Å²) in [5.41, 5.74) is 2.93. The van der Waals surface area contributed by atoms with Gasteiger partial charge in [0.1, 0.15) is 0 Å².